The van der Waals surface area contributed by atoms with Gasteiger partial charge in [0.05, 0.1) is 11.6 Å². The Balaban J connectivity index is 1.58. The van der Waals surface area contributed by atoms with Crippen LogP contribution in [0.3, 0.4) is 0 Å². The van der Waals surface area contributed by atoms with E-state index in [9.17, 15) is 5.11 Å². The average molecular weight is 333 g/mol. The van der Waals surface area contributed by atoms with E-state index in [2.05, 4.69) is 64.7 Å². The maximum absolute atomic E-state index is 9.61. The SMILES string of the molecule is Cc1ccccc1-c1ccc2nc(N[C@H]3CC[C@H](O)CC3)ncc2c1. The van der Waals surface area contributed by atoms with Gasteiger partial charge in [0.1, 0.15) is 0 Å². The molecule has 128 valence electrons. The second-order valence-corrected chi connectivity index (χ2v) is 6.93. The number of fused-ring (bicyclic) bond motifs is 1. The smallest absolute Gasteiger partial charge is 0.223 e. The van der Waals surface area contributed by atoms with Gasteiger partial charge in [0.25, 0.3) is 0 Å². The molecule has 1 saturated carbocycles. The highest BCUT2D eigenvalue weighted by atomic mass is 16.3. The van der Waals surface area contributed by atoms with Gasteiger partial charge < -0.3 is 10.4 Å². The summed E-state index contributed by atoms with van der Waals surface area (Å²) in [5.74, 6) is 0.678. The molecule has 0 radical (unpaired) electrons. The summed E-state index contributed by atoms with van der Waals surface area (Å²) in [5, 5.41) is 14.1. The first-order chi connectivity index (χ1) is 12.2. The summed E-state index contributed by atoms with van der Waals surface area (Å²) >= 11 is 0. The Kier molecular flexibility index (Phi) is 4.36. The van der Waals surface area contributed by atoms with E-state index in [1.54, 1.807) is 0 Å². The van der Waals surface area contributed by atoms with E-state index in [4.69, 9.17) is 0 Å². The summed E-state index contributed by atoms with van der Waals surface area (Å²) < 4.78 is 0. The highest BCUT2D eigenvalue weighted by molar-refractivity contribution is 5.85. The second-order valence-electron chi connectivity index (χ2n) is 6.93. The molecule has 0 spiro atoms. The third-order valence-corrected chi connectivity index (χ3v) is 5.07. The Hall–Kier alpha value is -2.46. The number of hydrogen-bond donors (Lipinski definition) is 2. The molecule has 4 rings (SSSR count). The van der Waals surface area contributed by atoms with Crippen LogP contribution in [0.2, 0.25) is 0 Å². The van der Waals surface area contributed by atoms with Crippen LogP contribution < -0.4 is 5.32 Å². The number of benzene rings is 2. The number of nitrogens with one attached hydrogen (secondary N) is 1. The van der Waals surface area contributed by atoms with Crippen molar-refractivity contribution in [1.82, 2.24) is 9.97 Å². The van der Waals surface area contributed by atoms with Crippen molar-refractivity contribution in [3.05, 3.63) is 54.2 Å². The van der Waals surface area contributed by atoms with Crippen LogP contribution in [0.15, 0.2) is 48.7 Å². The van der Waals surface area contributed by atoms with E-state index < -0.39 is 0 Å². The van der Waals surface area contributed by atoms with Gasteiger partial charge in [0.15, 0.2) is 0 Å². The molecule has 0 atom stereocenters. The molecule has 0 unspecified atom stereocenters. The molecule has 0 bridgehead atoms. The molecule has 0 aliphatic heterocycles. The van der Waals surface area contributed by atoms with Gasteiger partial charge in [-0.15, -0.1) is 0 Å². The maximum atomic E-state index is 9.61. The van der Waals surface area contributed by atoms with Crippen molar-refractivity contribution in [2.75, 3.05) is 5.32 Å². The van der Waals surface area contributed by atoms with Crippen LogP contribution >= 0.6 is 0 Å². The van der Waals surface area contributed by atoms with Crippen molar-refractivity contribution in [3.63, 3.8) is 0 Å². The summed E-state index contributed by atoms with van der Waals surface area (Å²) in [4.78, 5) is 9.15. The van der Waals surface area contributed by atoms with Crippen molar-refractivity contribution in [2.24, 2.45) is 0 Å². The molecule has 3 aromatic rings. The lowest BCUT2D eigenvalue weighted by atomic mass is 9.93. The molecule has 4 nitrogen and oxygen atoms in total. The fourth-order valence-electron chi connectivity index (χ4n) is 3.57. The predicted molar refractivity (Wildman–Crippen MR) is 102 cm³/mol. The van der Waals surface area contributed by atoms with E-state index in [0.717, 1.165) is 36.6 Å². The van der Waals surface area contributed by atoms with Crippen molar-refractivity contribution >= 4 is 16.9 Å². The lowest BCUT2D eigenvalue weighted by molar-refractivity contribution is 0.126. The minimum Gasteiger partial charge on any atom is -0.393 e. The Bertz CT molecular complexity index is 885. The number of nitrogens with zero attached hydrogens (tertiary/aromatic N) is 2. The molecule has 1 heterocycles. The molecule has 4 heteroatoms. The van der Waals surface area contributed by atoms with Crippen molar-refractivity contribution in [2.45, 2.75) is 44.8 Å². The highest BCUT2D eigenvalue weighted by Crippen LogP contribution is 2.27. The molecule has 1 aliphatic carbocycles. The van der Waals surface area contributed by atoms with Crippen LogP contribution in [0, 0.1) is 6.92 Å². The van der Waals surface area contributed by atoms with Crippen LogP contribution in [0.5, 0.6) is 0 Å². The van der Waals surface area contributed by atoms with E-state index in [-0.39, 0.29) is 6.10 Å². The van der Waals surface area contributed by atoms with Crippen LogP contribution in [0.1, 0.15) is 31.2 Å². The largest absolute Gasteiger partial charge is 0.393 e. The van der Waals surface area contributed by atoms with E-state index in [0.29, 0.717) is 12.0 Å². The molecular formula is C21H23N3O. The zero-order chi connectivity index (χ0) is 17.2. The van der Waals surface area contributed by atoms with Gasteiger partial charge in [-0.3, -0.25) is 0 Å². The van der Waals surface area contributed by atoms with Crippen LogP contribution in [0.4, 0.5) is 5.95 Å². The number of anilines is 1. The lowest BCUT2D eigenvalue weighted by Crippen LogP contribution is -2.28. The summed E-state index contributed by atoms with van der Waals surface area (Å²) in [7, 11) is 0. The van der Waals surface area contributed by atoms with E-state index in [1.807, 2.05) is 6.20 Å². The first kappa shape index (κ1) is 16.0. The number of aliphatic hydroxyl groups excluding tert-OH is 1. The highest BCUT2D eigenvalue weighted by Gasteiger charge is 2.19. The Morgan fingerprint density at radius 2 is 1.84 bits per heavy atom. The van der Waals surface area contributed by atoms with Gasteiger partial charge in [0, 0.05) is 17.6 Å². The van der Waals surface area contributed by atoms with Gasteiger partial charge in [0.2, 0.25) is 5.95 Å². The molecule has 0 saturated heterocycles. The minimum absolute atomic E-state index is 0.143. The summed E-state index contributed by atoms with van der Waals surface area (Å²) in [6.07, 6.45) is 5.39. The zero-order valence-corrected chi connectivity index (χ0v) is 14.4. The quantitative estimate of drug-likeness (QED) is 0.749. The molecular weight excluding hydrogens is 310 g/mol. The van der Waals surface area contributed by atoms with Crippen molar-refractivity contribution in [3.8, 4) is 11.1 Å². The summed E-state index contributed by atoms with van der Waals surface area (Å²) in [5.41, 5.74) is 4.65. The van der Waals surface area contributed by atoms with Crippen molar-refractivity contribution < 1.29 is 5.11 Å². The van der Waals surface area contributed by atoms with Crippen LogP contribution in [-0.4, -0.2) is 27.2 Å². The number of aromatic nitrogens is 2. The first-order valence-corrected chi connectivity index (χ1v) is 8.96. The van der Waals surface area contributed by atoms with E-state index >= 15 is 0 Å². The van der Waals surface area contributed by atoms with Crippen molar-refractivity contribution in [1.29, 1.82) is 0 Å². The molecule has 1 aromatic heterocycles. The number of aryl methyl sites for hydroxylation is 1. The van der Waals surface area contributed by atoms with Gasteiger partial charge in [-0.2, -0.15) is 0 Å². The first-order valence-electron chi connectivity index (χ1n) is 8.96. The second kappa shape index (κ2) is 6.81. The molecule has 1 fully saturated rings. The average Bonchev–Trinajstić information content (AvgIpc) is 2.64. The maximum Gasteiger partial charge on any atom is 0.223 e. The standard InChI is InChI=1S/C21H23N3O/c1-14-4-2-3-5-19(14)15-6-11-20-16(12-15)13-22-21(24-20)23-17-7-9-18(25)10-8-17/h2-6,11-13,17-18,25H,7-10H2,1H3,(H,22,23,24)/t17-,18-. The molecule has 0 amide bonds. The lowest BCUT2D eigenvalue weighted by Gasteiger charge is -2.26. The Labute approximate surface area is 148 Å². The number of rotatable bonds is 3. The predicted octanol–water partition coefficient (Wildman–Crippen LogP) is 4.32. The Morgan fingerprint density at radius 1 is 1.04 bits per heavy atom. The Morgan fingerprint density at radius 3 is 2.64 bits per heavy atom. The van der Waals surface area contributed by atoms with Gasteiger partial charge in [-0.1, -0.05) is 30.3 Å². The third-order valence-electron chi connectivity index (χ3n) is 5.07. The van der Waals surface area contributed by atoms with E-state index in [1.165, 1.54) is 16.7 Å². The fraction of sp³-hybridized carbons (Fsp3) is 0.333. The normalized spacial score (nSPS) is 20.6. The molecule has 2 N–H and O–H groups in total. The topological polar surface area (TPSA) is 58.0 Å². The summed E-state index contributed by atoms with van der Waals surface area (Å²) in [6.45, 7) is 2.13. The number of aliphatic hydroxyl groups is 1. The van der Waals surface area contributed by atoms with Gasteiger partial charge >= 0.3 is 0 Å². The minimum atomic E-state index is -0.143. The number of hydrogen-bond acceptors (Lipinski definition) is 4. The fourth-order valence-corrected chi connectivity index (χ4v) is 3.57. The zero-order valence-electron chi connectivity index (χ0n) is 14.4. The molecule has 1 aliphatic rings. The van der Waals surface area contributed by atoms with Crippen LogP contribution in [0.25, 0.3) is 22.0 Å². The van der Waals surface area contributed by atoms with Crippen LogP contribution in [-0.2, 0) is 0 Å². The third kappa shape index (κ3) is 3.49. The molecule has 2 aromatic carbocycles. The summed E-state index contributed by atoms with van der Waals surface area (Å²) in [6, 6.07) is 15.1. The van der Waals surface area contributed by atoms with Gasteiger partial charge in [-0.25, -0.2) is 9.97 Å². The van der Waals surface area contributed by atoms with Gasteiger partial charge in [-0.05, 0) is 61.4 Å². The monoisotopic (exact) mass is 333 g/mol. The molecule has 25 heavy (non-hydrogen) atoms.